The van der Waals surface area contributed by atoms with Crippen LogP contribution in [0.4, 0.5) is 0 Å². The Morgan fingerprint density at radius 1 is 0.903 bits per heavy atom. The minimum atomic E-state index is -0.722. The summed E-state index contributed by atoms with van der Waals surface area (Å²) in [5, 5.41) is 4.59. The van der Waals surface area contributed by atoms with Crippen molar-refractivity contribution in [3.63, 3.8) is 0 Å². The lowest BCUT2D eigenvalue weighted by molar-refractivity contribution is -0.141. The Morgan fingerprint density at radius 2 is 1.35 bits per heavy atom. The van der Waals surface area contributed by atoms with E-state index in [1.807, 2.05) is 27.7 Å². The summed E-state index contributed by atoms with van der Waals surface area (Å²) in [6.07, 6.45) is 0.353. The van der Waals surface area contributed by atoms with Gasteiger partial charge in [-0.15, -0.1) is 0 Å². The molecule has 0 aromatic heterocycles. The third kappa shape index (κ3) is 7.01. The maximum absolute atomic E-state index is 13.5. The first kappa shape index (κ1) is 25.8. The van der Waals surface area contributed by atoms with Crippen LogP contribution in [0.2, 0.25) is 20.1 Å². The Morgan fingerprint density at radius 3 is 1.77 bits per heavy atom. The Kier molecular flexibility index (Phi) is 9.08. The number of rotatable bonds is 7. The molecule has 1 N–H and O–H groups in total. The van der Waals surface area contributed by atoms with Crippen LogP contribution in [0, 0.1) is 0 Å². The van der Waals surface area contributed by atoms with Crippen molar-refractivity contribution in [2.75, 3.05) is 0 Å². The van der Waals surface area contributed by atoms with E-state index in [1.165, 1.54) is 4.90 Å². The van der Waals surface area contributed by atoms with Crippen LogP contribution in [0.25, 0.3) is 0 Å². The zero-order valence-corrected chi connectivity index (χ0v) is 21.0. The number of amides is 2. The summed E-state index contributed by atoms with van der Waals surface area (Å²) in [4.78, 5) is 28.0. The molecular weight excluding hydrogens is 478 g/mol. The maximum Gasteiger partial charge on any atom is 0.243 e. The van der Waals surface area contributed by atoms with E-state index in [0.717, 1.165) is 0 Å². The molecule has 0 radical (unpaired) electrons. The van der Waals surface area contributed by atoms with Gasteiger partial charge in [0.2, 0.25) is 11.8 Å². The molecule has 2 aromatic rings. The van der Waals surface area contributed by atoms with Crippen LogP contribution in [0.15, 0.2) is 36.4 Å². The quantitative estimate of drug-likeness (QED) is 0.464. The molecule has 0 heterocycles. The van der Waals surface area contributed by atoms with Gasteiger partial charge in [-0.3, -0.25) is 9.59 Å². The molecule has 2 rings (SSSR count). The Hall–Kier alpha value is -1.46. The van der Waals surface area contributed by atoms with Gasteiger partial charge in [0.05, 0.1) is 6.42 Å². The molecule has 0 saturated carbocycles. The number of nitrogens with one attached hydrogen (secondary N) is 1. The third-order valence-corrected chi connectivity index (χ3v) is 6.08. The molecule has 0 bridgehead atoms. The van der Waals surface area contributed by atoms with Gasteiger partial charge in [0, 0.05) is 37.7 Å². The normalized spacial score (nSPS) is 12.4. The molecule has 2 aromatic carbocycles. The van der Waals surface area contributed by atoms with Crippen LogP contribution in [0.5, 0.6) is 0 Å². The van der Waals surface area contributed by atoms with Crippen LogP contribution in [0.3, 0.4) is 0 Å². The molecule has 168 valence electrons. The third-order valence-electron chi connectivity index (χ3n) is 4.66. The highest BCUT2D eigenvalue weighted by atomic mass is 35.5. The second-order valence-corrected chi connectivity index (χ2v) is 9.89. The van der Waals surface area contributed by atoms with E-state index in [-0.39, 0.29) is 24.8 Å². The summed E-state index contributed by atoms with van der Waals surface area (Å²) in [5.74, 6) is -0.557. The Labute approximate surface area is 203 Å². The van der Waals surface area contributed by atoms with E-state index in [2.05, 4.69) is 5.32 Å². The van der Waals surface area contributed by atoms with Crippen molar-refractivity contribution in [3.05, 3.63) is 67.6 Å². The molecule has 0 aliphatic carbocycles. The standard InChI is InChI=1S/C23H26Cl4N2O2/c1-5-20(22(31)28-23(2,3)4)29(13-15-18(26)10-7-11-19(15)27)21(30)12-14-16(24)8-6-9-17(14)25/h6-11,20H,5,12-13H2,1-4H3,(H,28,31)/t20-/m1/s1. The molecule has 2 amide bonds. The van der Waals surface area contributed by atoms with Crippen LogP contribution in [0.1, 0.15) is 45.2 Å². The SMILES string of the molecule is CC[C@H](C(=O)NC(C)(C)C)N(Cc1c(Cl)cccc1Cl)C(=O)Cc1c(Cl)cccc1Cl. The molecular formula is C23H26Cl4N2O2. The molecule has 4 nitrogen and oxygen atoms in total. The summed E-state index contributed by atoms with van der Waals surface area (Å²) in [5.41, 5.74) is 0.636. The van der Waals surface area contributed by atoms with Crippen molar-refractivity contribution in [1.82, 2.24) is 10.2 Å². The number of hydrogen-bond acceptors (Lipinski definition) is 2. The van der Waals surface area contributed by atoms with E-state index in [4.69, 9.17) is 46.4 Å². The van der Waals surface area contributed by atoms with E-state index >= 15 is 0 Å². The molecule has 0 aliphatic rings. The number of carbonyl (C=O) groups is 2. The number of halogens is 4. The average Bonchev–Trinajstić information content (AvgIpc) is 2.65. The van der Waals surface area contributed by atoms with Gasteiger partial charge in [0.15, 0.2) is 0 Å². The van der Waals surface area contributed by atoms with Gasteiger partial charge >= 0.3 is 0 Å². The van der Waals surface area contributed by atoms with Crippen molar-refractivity contribution >= 4 is 58.2 Å². The minimum absolute atomic E-state index is 0.0557. The lowest BCUT2D eigenvalue weighted by Crippen LogP contribution is -2.53. The predicted molar refractivity (Wildman–Crippen MR) is 129 cm³/mol. The van der Waals surface area contributed by atoms with Crippen LogP contribution in [-0.4, -0.2) is 28.3 Å². The smallest absolute Gasteiger partial charge is 0.243 e. The average molecular weight is 504 g/mol. The number of carbonyl (C=O) groups excluding carboxylic acids is 2. The van der Waals surface area contributed by atoms with Gasteiger partial charge in [0.1, 0.15) is 6.04 Å². The molecule has 0 aliphatic heterocycles. The highest BCUT2D eigenvalue weighted by Crippen LogP contribution is 2.29. The fraction of sp³-hybridized carbons (Fsp3) is 0.391. The monoisotopic (exact) mass is 502 g/mol. The maximum atomic E-state index is 13.5. The molecule has 0 spiro atoms. The summed E-state index contributed by atoms with van der Waals surface area (Å²) >= 11 is 25.3. The zero-order valence-electron chi connectivity index (χ0n) is 17.9. The number of benzene rings is 2. The van der Waals surface area contributed by atoms with E-state index < -0.39 is 11.6 Å². The van der Waals surface area contributed by atoms with Crippen molar-refractivity contribution < 1.29 is 9.59 Å². The van der Waals surface area contributed by atoms with Crippen molar-refractivity contribution in [2.24, 2.45) is 0 Å². The molecule has 31 heavy (non-hydrogen) atoms. The fourth-order valence-electron chi connectivity index (χ4n) is 3.18. The molecule has 0 unspecified atom stereocenters. The fourth-order valence-corrected chi connectivity index (χ4v) is 4.23. The van der Waals surface area contributed by atoms with Crippen molar-refractivity contribution in [1.29, 1.82) is 0 Å². The topological polar surface area (TPSA) is 49.4 Å². The molecule has 8 heteroatoms. The van der Waals surface area contributed by atoms with Gasteiger partial charge in [-0.05, 0) is 57.0 Å². The first-order valence-electron chi connectivity index (χ1n) is 9.91. The largest absolute Gasteiger partial charge is 0.350 e. The second kappa shape index (κ2) is 10.9. The lowest BCUT2D eigenvalue weighted by atomic mass is 10.0. The summed E-state index contributed by atoms with van der Waals surface area (Å²) < 4.78 is 0. The first-order chi connectivity index (χ1) is 14.4. The zero-order chi connectivity index (χ0) is 23.3. The highest BCUT2D eigenvalue weighted by Gasteiger charge is 2.32. The summed E-state index contributed by atoms with van der Waals surface area (Å²) in [6.45, 7) is 7.59. The number of nitrogens with zero attached hydrogens (tertiary/aromatic N) is 1. The van der Waals surface area contributed by atoms with E-state index in [9.17, 15) is 9.59 Å². The molecule has 0 fully saturated rings. The van der Waals surface area contributed by atoms with Crippen molar-refractivity contribution in [2.45, 2.75) is 58.7 Å². The minimum Gasteiger partial charge on any atom is -0.350 e. The number of hydrogen-bond donors (Lipinski definition) is 1. The first-order valence-corrected chi connectivity index (χ1v) is 11.4. The van der Waals surface area contributed by atoms with Crippen LogP contribution < -0.4 is 5.32 Å². The van der Waals surface area contributed by atoms with Crippen molar-refractivity contribution in [3.8, 4) is 0 Å². The van der Waals surface area contributed by atoms with E-state index in [0.29, 0.717) is 37.6 Å². The van der Waals surface area contributed by atoms with Gasteiger partial charge in [-0.2, -0.15) is 0 Å². The predicted octanol–water partition coefficient (Wildman–Crippen LogP) is 6.56. The van der Waals surface area contributed by atoms with Gasteiger partial charge in [0.25, 0.3) is 0 Å². The van der Waals surface area contributed by atoms with Crippen LogP contribution >= 0.6 is 46.4 Å². The highest BCUT2D eigenvalue weighted by molar-refractivity contribution is 6.36. The molecule has 1 atom stereocenters. The second-order valence-electron chi connectivity index (χ2n) is 8.26. The van der Waals surface area contributed by atoms with Crippen LogP contribution in [-0.2, 0) is 22.6 Å². The van der Waals surface area contributed by atoms with E-state index in [1.54, 1.807) is 36.4 Å². The Balaban J connectivity index is 2.45. The summed E-state index contributed by atoms with van der Waals surface area (Å²) in [6, 6.07) is 9.47. The van der Waals surface area contributed by atoms with Gasteiger partial charge < -0.3 is 10.2 Å². The Bertz CT molecular complexity index is 917. The summed E-state index contributed by atoms with van der Waals surface area (Å²) in [7, 11) is 0. The lowest BCUT2D eigenvalue weighted by Gasteiger charge is -2.33. The molecule has 0 saturated heterocycles. The van der Waals surface area contributed by atoms with Gasteiger partial charge in [-0.25, -0.2) is 0 Å². The van der Waals surface area contributed by atoms with Gasteiger partial charge in [-0.1, -0.05) is 65.5 Å².